The molecule has 6 nitrogen and oxygen atoms in total. The third-order valence-electron chi connectivity index (χ3n) is 17.2. The maximum absolute atomic E-state index is 13.0. The van der Waals surface area contributed by atoms with Crippen LogP contribution in [0.3, 0.4) is 0 Å². The molecule has 0 aromatic carbocycles. The first-order valence-corrected chi connectivity index (χ1v) is 37.3. The molecule has 0 radical (unpaired) electrons. The molecule has 0 aliphatic heterocycles. The number of carbonyl (C=O) groups excluding carboxylic acids is 3. The van der Waals surface area contributed by atoms with Crippen molar-refractivity contribution in [3.05, 3.63) is 24.3 Å². The highest BCUT2D eigenvalue weighted by atomic mass is 16.6. The van der Waals surface area contributed by atoms with Crippen LogP contribution >= 0.6 is 0 Å². The van der Waals surface area contributed by atoms with Gasteiger partial charge in [0, 0.05) is 19.3 Å². The average Bonchev–Trinajstić information content (AvgIpc) is 3.47. The van der Waals surface area contributed by atoms with Gasteiger partial charge in [0.2, 0.25) is 0 Å². The first kappa shape index (κ1) is 79.9. The van der Waals surface area contributed by atoms with Crippen molar-refractivity contribution in [1.29, 1.82) is 0 Å². The molecule has 0 spiro atoms. The van der Waals surface area contributed by atoms with Crippen LogP contribution in [0.4, 0.5) is 0 Å². The number of esters is 3. The van der Waals surface area contributed by atoms with Gasteiger partial charge in [0.15, 0.2) is 6.10 Å². The SMILES string of the molecule is CCCCCCC/C=C\C/C=C\CCCCCCCCCCCCCCCC(=O)OCC(COC(=O)CCCCCCCCCCCCCCCCCC)OC(=O)CCCCCCCCCCCCCCCCCCCCCCCCC. The van der Waals surface area contributed by atoms with Gasteiger partial charge in [-0.1, -0.05) is 379 Å². The number of hydrogen-bond acceptors (Lipinski definition) is 6. The summed E-state index contributed by atoms with van der Waals surface area (Å²) in [6.45, 7) is 6.73. The molecule has 0 saturated heterocycles. The van der Waals surface area contributed by atoms with Crippen LogP contribution in [-0.4, -0.2) is 37.2 Å². The van der Waals surface area contributed by atoms with Crippen molar-refractivity contribution in [2.45, 2.75) is 431 Å². The maximum atomic E-state index is 13.0. The molecule has 0 bridgehead atoms. The second-order valence-electron chi connectivity index (χ2n) is 25.6. The topological polar surface area (TPSA) is 78.9 Å². The summed E-state index contributed by atoms with van der Waals surface area (Å²) in [7, 11) is 0. The molecule has 0 aromatic rings. The van der Waals surface area contributed by atoms with Crippen molar-refractivity contribution in [2.24, 2.45) is 0 Å². The predicted molar refractivity (Wildman–Crippen MR) is 358 cm³/mol. The van der Waals surface area contributed by atoms with Crippen molar-refractivity contribution >= 4 is 17.9 Å². The van der Waals surface area contributed by atoms with Crippen LogP contribution in [0.15, 0.2) is 24.3 Å². The molecule has 6 heteroatoms. The van der Waals surface area contributed by atoms with Crippen molar-refractivity contribution in [1.82, 2.24) is 0 Å². The normalized spacial score (nSPS) is 12.1. The lowest BCUT2D eigenvalue weighted by atomic mass is 10.0. The highest BCUT2D eigenvalue weighted by molar-refractivity contribution is 5.71. The molecule has 82 heavy (non-hydrogen) atoms. The molecule has 0 N–H and O–H groups in total. The second-order valence-corrected chi connectivity index (χ2v) is 25.6. The molecule has 0 amide bonds. The summed E-state index contributed by atoms with van der Waals surface area (Å²) in [5.41, 5.74) is 0. The molecule has 1 unspecified atom stereocenters. The minimum absolute atomic E-state index is 0.0637. The third-order valence-corrected chi connectivity index (χ3v) is 17.2. The van der Waals surface area contributed by atoms with E-state index in [4.69, 9.17) is 14.2 Å². The van der Waals surface area contributed by atoms with E-state index in [1.807, 2.05) is 0 Å². The van der Waals surface area contributed by atoms with Crippen LogP contribution in [0.1, 0.15) is 425 Å². The van der Waals surface area contributed by atoms with Crippen molar-refractivity contribution in [3.63, 3.8) is 0 Å². The first-order chi connectivity index (χ1) is 40.5. The summed E-state index contributed by atoms with van der Waals surface area (Å²) in [5, 5.41) is 0. The lowest BCUT2D eigenvalue weighted by Gasteiger charge is -2.18. The number of allylic oxidation sites excluding steroid dienone is 4. The zero-order valence-corrected chi connectivity index (χ0v) is 55.8. The Morgan fingerprint density at radius 1 is 0.244 bits per heavy atom. The number of ether oxygens (including phenoxy) is 3. The molecule has 0 saturated carbocycles. The average molecular weight is 1150 g/mol. The lowest BCUT2D eigenvalue weighted by Crippen LogP contribution is -2.30. The number of hydrogen-bond donors (Lipinski definition) is 0. The smallest absolute Gasteiger partial charge is 0.306 e. The van der Waals surface area contributed by atoms with Gasteiger partial charge in [-0.25, -0.2) is 0 Å². The Balaban J connectivity index is 4.25. The summed E-state index contributed by atoms with van der Waals surface area (Å²) >= 11 is 0. The van der Waals surface area contributed by atoms with Gasteiger partial charge in [-0.2, -0.15) is 0 Å². The second kappa shape index (κ2) is 71.4. The molecule has 0 fully saturated rings. The van der Waals surface area contributed by atoms with Gasteiger partial charge in [0.1, 0.15) is 13.2 Å². The largest absolute Gasteiger partial charge is 0.462 e. The maximum Gasteiger partial charge on any atom is 0.306 e. The standard InChI is InChI=1S/C76H144O6/c1-4-7-10-13-16-19-22-25-28-31-33-35-37-38-40-41-43-45-48-51-54-57-60-63-66-69-75(78)81-72-73(71-80-74(77)68-65-62-59-56-53-50-47-30-27-24-21-18-15-12-9-6-3)82-76(79)70-67-64-61-58-55-52-49-46-44-42-39-36-34-32-29-26-23-20-17-14-11-8-5-2/h22,25,31,33,73H,4-21,23-24,26-30,32,34-72H2,1-3H3/b25-22-,33-31-. The molecule has 1 atom stereocenters. The monoisotopic (exact) mass is 1150 g/mol. The van der Waals surface area contributed by atoms with E-state index in [1.54, 1.807) is 0 Å². The lowest BCUT2D eigenvalue weighted by molar-refractivity contribution is -0.167. The fourth-order valence-electron chi connectivity index (χ4n) is 11.6. The van der Waals surface area contributed by atoms with Crippen LogP contribution in [0.5, 0.6) is 0 Å². The van der Waals surface area contributed by atoms with E-state index in [-0.39, 0.29) is 31.1 Å². The van der Waals surface area contributed by atoms with E-state index in [1.165, 1.54) is 321 Å². The summed E-state index contributed by atoms with van der Waals surface area (Å²) in [5.74, 6) is -0.826. The highest BCUT2D eigenvalue weighted by Gasteiger charge is 2.20. The molecule has 0 aliphatic rings. The van der Waals surface area contributed by atoms with Crippen LogP contribution in [0.2, 0.25) is 0 Å². The summed E-state index contributed by atoms with van der Waals surface area (Å²) in [6.07, 6.45) is 87.9. The van der Waals surface area contributed by atoms with Crippen molar-refractivity contribution in [2.75, 3.05) is 13.2 Å². The number of carbonyl (C=O) groups is 3. The van der Waals surface area contributed by atoms with E-state index in [2.05, 4.69) is 45.1 Å². The van der Waals surface area contributed by atoms with E-state index in [0.29, 0.717) is 19.3 Å². The Bertz CT molecular complexity index is 1320. The zero-order valence-electron chi connectivity index (χ0n) is 55.8. The summed E-state index contributed by atoms with van der Waals surface area (Å²) < 4.78 is 17.0. The Labute approximate surface area is 513 Å². The molecular weight excluding hydrogens is 1010 g/mol. The summed E-state index contributed by atoms with van der Waals surface area (Å²) in [6, 6.07) is 0. The summed E-state index contributed by atoms with van der Waals surface area (Å²) in [4.78, 5) is 38.5. The Hall–Kier alpha value is -2.11. The third kappa shape index (κ3) is 68.7. The molecule has 0 heterocycles. The van der Waals surface area contributed by atoms with Crippen LogP contribution in [0, 0.1) is 0 Å². The molecular formula is C76H144O6. The van der Waals surface area contributed by atoms with Crippen LogP contribution < -0.4 is 0 Å². The Morgan fingerprint density at radius 3 is 0.671 bits per heavy atom. The van der Waals surface area contributed by atoms with Crippen molar-refractivity contribution < 1.29 is 28.6 Å². The fraction of sp³-hybridized carbons (Fsp3) is 0.908. The number of unbranched alkanes of at least 4 members (excludes halogenated alkanes) is 55. The van der Waals surface area contributed by atoms with Crippen LogP contribution in [0.25, 0.3) is 0 Å². The molecule has 0 aliphatic carbocycles. The van der Waals surface area contributed by atoms with Gasteiger partial charge in [-0.15, -0.1) is 0 Å². The van der Waals surface area contributed by atoms with Gasteiger partial charge >= 0.3 is 17.9 Å². The Kier molecular flexibility index (Phi) is 69.5. The van der Waals surface area contributed by atoms with Gasteiger partial charge < -0.3 is 14.2 Å². The van der Waals surface area contributed by atoms with E-state index in [9.17, 15) is 14.4 Å². The fourth-order valence-corrected chi connectivity index (χ4v) is 11.6. The minimum atomic E-state index is -0.768. The van der Waals surface area contributed by atoms with Gasteiger partial charge in [0.05, 0.1) is 0 Å². The van der Waals surface area contributed by atoms with E-state index >= 15 is 0 Å². The van der Waals surface area contributed by atoms with Gasteiger partial charge in [-0.05, 0) is 51.4 Å². The molecule has 0 rings (SSSR count). The van der Waals surface area contributed by atoms with Crippen LogP contribution in [-0.2, 0) is 28.6 Å². The number of rotatable bonds is 70. The van der Waals surface area contributed by atoms with E-state index in [0.717, 1.165) is 64.2 Å². The zero-order chi connectivity index (χ0) is 59.2. The van der Waals surface area contributed by atoms with Gasteiger partial charge in [0.25, 0.3) is 0 Å². The quantitative estimate of drug-likeness (QED) is 0.0261. The predicted octanol–water partition coefficient (Wildman–Crippen LogP) is 25.7. The highest BCUT2D eigenvalue weighted by Crippen LogP contribution is 2.19. The first-order valence-electron chi connectivity index (χ1n) is 37.3. The minimum Gasteiger partial charge on any atom is -0.462 e. The molecule has 0 aromatic heterocycles. The van der Waals surface area contributed by atoms with E-state index < -0.39 is 6.10 Å². The van der Waals surface area contributed by atoms with Crippen molar-refractivity contribution in [3.8, 4) is 0 Å². The Morgan fingerprint density at radius 2 is 0.439 bits per heavy atom. The van der Waals surface area contributed by atoms with Gasteiger partial charge in [-0.3, -0.25) is 14.4 Å². The molecule has 484 valence electrons.